The summed E-state index contributed by atoms with van der Waals surface area (Å²) in [4.78, 5) is 25.2. The molecule has 3 aromatic rings. The molecule has 0 saturated heterocycles. The molecule has 0 amide bonds. The summed E-state index contributed by atoms with van der Waals surface area (Å²) in [6.45, 7) is -0.110. The van der Waals surface area contributed by atoms with Crippen molar-refractivity contribution in [1.82, 2.24) is 4.57 Å². The SMILES string of the molecule is N#C/C=c1\s/c(=C/c2ccc(Cl)cc2)c(=O)n1CC(=O)c1ccccc1. The molecule has 4 nitrogen and oxygen atoms in total. The Morgan fingerprint density at radius 2 is 1.85 bits per heavy atom. The molecule has 3 rings (SSSR count). The van der Waals surface area contributed by atoms with E-state index in [9.17, 15) is 9.59 Å². The smallest absolute Gasteiger partial charge is 0.269 e. The zero-order valence-electron chi connectivity index (χ0n) is 13.6. The lowest BCUT2D eigenvalue weighted by atomic mass is 10.1. The average Bonchev–Trinajstić information content (AvgIpc) is 2.93. The highest BCUT2D eigenvalue weighted by Crippen LogP contribution is 2.09. The topological polar surface area (TPSA) is 62.9 Å². The summed E-state index contributed by atoms with van der Waals surface area (Å²) in [5.74, 6) is -0.184. The number of rotatable bonds is 4. The molecule has 0 fully saturated rings. The fourth-order valence-electron chi connectivity index (χ4n) is 2.42. The van der Waals surface area contributed by atoms with Gasteiger partial charge in [0.25, 0.3) is 5.56 Å². The van der Waals surface area contributed by atoms with Gasteiger partial charge in [0, 0.05) is 16.7 Å². The normalized spacial score (nSPS) is 12.2. The molecule has 1 aromatic heterocycles. The van der Waals surface area contributed by atoms with Gasteiger partial charge in [0.05, 0.1) is 17.1 Å². The highest BCUT2D eigenvalue weighted by atomic mass is 35.5. The van der Waals surface area contributed by atoms with E-state index in [4.69, 9.17) is 16.9 Å². The van der Waals surface area contributed by atoms with Crippen molar-refractivity contribution in [3.05, 3.63) is 90.3 Å². The molecule has 128 valence electrons. The van der Waals surface area contributed by atoms with E-state index in [0.717, 1.165) is 5.56 Å². The van der Waals surface area contributed by atoms with Gasteiger partial charge >= 0.3 is 0 Å². The fourth-order valence-corrected chi connectivity index (χ4v) is 3.53. The van der Waals surface area contributed by atoms with E-state index in [1.807, 2.05) is 12.1 Å². The molecule has 1 heterocycles. The Morgan fingerprint density at radius 1 is 1.15 bits per heavy atom. The maximum absolute atomic E-state index is 12.7. The van der Waals surface area contributed by atoms with Crippen molar-refractivity contribution in [3.8, 4) is 6.07 Å². The molecule has 26 heavy (non-hydrogen) atoms. The third kappa shape index (κ3) is 3.99. The van der Waals surface area contributed by atoms with Gasteiger partial charge in [-0.1, -0.05) is 54.1 Å². The molecule has 2 aromatic carbocycles. The number of hydrogen-bond acceptors (Lipinski definition) is 4. The van der Waals surface area contributed by atoms with Crippen LogP contribution >= 0.6 is 22.9 Å². The standard InChI is InChI=1S/C20H13ClN2O2S/c21-16-8-6-14(7-9-16)12-18-20(25)23(19(26-18)10-11-22)13-17(24)15-4-2-1-3-5-15/h1-10,12H,13H2/b18-12+,19-10-. The summed E-state index contributed by atoms with van der Waals surface area (Å²) >= 11 is 7.05. The first-order valence-corrected chi connectivity index (χ1v) is 8.93. The number of nitrogens with zero attached hydrogens (tertiary/aromatic N) is 2. The summed E-state index contributed by atoms with van der Waals surface area (Å²) in [5.41, 5.74) is 1.05. The molecule has 0 atom stereocenters. The number of thiazole rings is 1. The van der Waals surface area contributed by atoms with Gasteiger partial charge in [-0.15, -0.1) is 11.3 Å². The van der Waals surface area contributed by atoms with E-state index in [-0.39, 0.29) is 17.9 Å². The zero-order chi connectivity index (χ0) is 18.5. The predicted molar refractivity (Wildman–Crippen MR) is 104 cm³/mol. The van der Waals surface area contributed by atoms with Crippen molar-refractivity contribution in [3.63, 3.8) is 0 Å². The van der Waals surface area contributed by atoms with Crippen LogP contribution in [0.2, 0.25) is 5.02 Å². The van der Waals surface area contributed by atoms with Crippen LogP contribution in [-0.2, 0) is 6.54 Å². The van der Waals surface area contributed by atoms with Crippen LogP contribution in [0.25, 0.3) is 12.2 Å². The van der Waals surface area contributed by atoms with Crippen molar-refractivity contribution in [1.29, 1.82) is 5.26 Å². The van der Waals surface area contributed by atoms with Crippen LogP contribution in [0.15, 0.2) is 59.4 Å². The summed E-state index contributed by atoms with van der Waals surface area (Å²) in [7, 11) is 0. The first-order valence-electron chi connectivity index (χ1n) is 7.73. The predicted octanol–water partition coefficient (Wildman–Crippen LogP) is 2.58. The summed E-state index contributed by atoms with van der Waals surface area (Å²) in [5, 5.41) is 9.60. The number of hydrogen-bond donors (Lipinski definition) is 0. The molecule has 0 saturated carbocycles. The van der Waals surface area contributed by atoms with Gasteiger partial charge in [-0.05, 0) is 23.8 Å². The van der Waals surface area contributed by atoms with Crippen LogP contribution in [-0.4, -0.2) is 10.4 Å². The van der Waals surface area contributed by atoms with Crippen molar-refractivity contribution in [2.24, 2.45) is 0 Å². The van der Waals surface area contributed by atoms with Crippen LogP contribution in [0.5, 0.6) is 0 Å². The van der Waals surface area contributed by atoms with Crippen LogP contribution in [0, 0.1) is 11.3 Å². The molecule has 0 unspecified atom stereocenters. The van der Waals surface area contributed by atoms with Crippen LogP contribution in [0.3, 0.4) is 0 Å². The highest BCUT2D eigenvalue weighted by molar-refractivity contribution is 7.07. The fraction of sp³-hybridized carbons (Fsp3) is 0.0500. The van der Waals surface area contributed by atoms with Crippen molar-refractivity contribution >= 4 is 40.9 Å². The molecular formula is C20H13ClN2O2S. The maximum atomic E-state index is 12.7. The second-order valence-electron chi connectivity index (χ2n) is 5.45. The first-order chi connectivity index (χ1) is 12.6. The second kappa shape index (κ2) is 7.96. The molecule has 0 radical (unpaired) electrons. The molecule has 0 aliphatic carbocycles. The van der Waals surface area contributed by atoms with E-state index >= 15 is 0 Å². The first kappa shape index (κ1) is 17.9. The van der Waals surface area contributed by atoms with Crippen molar-refractivity contribution in [2.45, 2.75) is 6.54 Å². The lowest BCUT2D eigenvalue weighted by Gasteiger charge is -2.01. The lowest BCUT2D eigenvalue weighted by Crippen LogP contribution is -2.34. The minimum absolute atomic E-state index is 0.110. The molecule has 0 N–H and O–H groups in total. The van der Waals surface area contributed by atoms with Crippen molar-refractivity contribution < 1.29 is 4.79 Å². The molecular weight excluding hydrogens is 368 g/mol. The van der Waals surface area contributed by atoms with Crippen molar-refractivity contribution in [2.75, 3.05) is 0 Å². The van der Waals surface area contributed by atoms with Gasteiger partial charge in [-0.2, -0.15) is 5.26 Å². The molecule has 0 aliphatic rings. The summed E-state index contributed by atoms with van der Waals surface area (Å²) < 4.78 is 2.24. The number of aromatic nitrogens is 1. The van der Waals surface area contributed by atoms with Gasteiger partial charge in [0.1, 0.15) is 4.66 Å². The number of halogens is 1. The number of carbonyl (C=O) groups is 1. The van der Waals surface area contributed by atoms with Gasteiger partial charge in [-0.3, -0.25) is 14.2 Å². The van der Waals surface area contributed by atoms with Gasteiger partial charge < -0.3 is 0 Å². The molecule has 0 spiro atoms. The quantitative estimate of drug-likeness (QED) is 0.653. The molecule has 0 bridgehead atoms. The second-order valence-corrected chi connectivity index (χ2v) is 6.95. The van der Waals surface area contributed by atoms with E-state index in [2.05, 4.69) is 0 Å². The number of carbonyl (C=O) groups excluding carboxylic acids is 1. The Kier molecular flexibility index (Phi) is 5.47. The molecule has 0 aliphatic heterocycles. The third-order valence-corrected chi connectivity index (χ3v) is 5.00. The Hall–Kier alpha value is -2.94. The van der Waals surface area contributed by atoms with Crippen LogP contribution < -0.4 is 14.8 Å². The van der Waals surface area contributed by atoms with E-state index in [1.165, 1.54) is 22.0 Å². The van der Waals surface area contributed by atoms with Gasteiger partial charge in [-0.25, -0.2) is 0 Å². The van der Waals surface area contributed by atoms with Gasteiger partial charge in [0.15, 0.2) is 5.78 Å². The largest absolute Gasteiger partial charge is 0.292 e. The number of ketones is 1. The number of nitriles is 1. The summed E-state index contributed by atoms with van der Waals surface area (Å²) in [6.07, 6.45) is 3.01. The Morgan fingerprint density at radius 3 is 2.50 bits per heavy atom. The Labute approximate surface area is 158 Å². The number of Topliss-reactive ketones (excluding diaryl/α,β-unsaturated/α-hetero) is 1. The zero-order valence-corrected chi connectivity index (χ0v) is 15.1. The van der Waals surface area contributed by atoms with E-state index < -0.39 is 0 Å². The highest BCUT2D eigenvalue weighted by Gasteiger charge is 2.11. The minimum Gasteiger partial charge on any atom is -0.292 e. The summed E-state index contributed by atoms with van der Waals surface area (Å²) in [6, 6.07) is 17.8. The Bertz CT molecular complexity index is 1150. The number of benzene rings is 2. The maximum Gasteiger partial charge on any atom is 0.269 e. The monoisotopic (exact) mass is 380 g/mol. The lowest BCUT2D eigenvalue weighted by molar-refractivity contribution is 0.0970. The van der Waals surface area contributed by atoms with Crippen LogP contribution in [0.1, 0.15) is 15.9 Å². The minimum atomic E-state index is -0.296. The third-order valence-electron chi connectivity index (χ3n) is 3.69. The van der Waals surface area contributed by atoms with E-state index in [1.54, 1.807) is 54.6 Å². The van der Waals surface area contributed by atoms with E-state index in [0.29, 0.717) is 19.8 Å². The van der Waals surface area contributed by atoms with Gasteiger partial charge in [0.2, 0.25) is 0 Å². The average molecular weight is 381 g/mol. The Balaban J connectivity index is 2.06. The van der Waals surface area contributed by atoms with Crippen LogP contribution in [0.4, 0.5) is 0 Å². The molecule has 6 heteroatoms.